The lowest BCUT2D eigenvalue weighted by Gasteiger charge is -2.18. The van der Waals surface area contributed by atoms with Crippen LogP contribution in [0.3, 0.4) is 0 Å². The number of nitrogens with two attached hydrogens (primary N) is 1. The normalized spacial score (nSPS) is 11.9. The first-order valence-corrected chi connectivity index (χ1v) is 10.2. The number of carbonyl (C=O) groups is 3. The maximum atomic E-state index is 12.8. The van der Waals surface area contributed by atoms with Crippen LogP contribution < -0.4 is 11.1 Å². The summed E-state index contributed by atoms with van der Waals surface area (Å²) >= 11 is 0. The monoisotopic (exact) mass is 439 g/mol. The molecule has 10 nitrogen and oxygen atoms in total. The van der Waals surface area contributed by atoms with Crippen LogP contribution in [0.2, 0.25) is 0 Å². The maximum absolute atomic E-state index is 12.8. The van der Waals surface area contributed by atoms with Crippen molar-refractivity contribution in [2.24, 2.45) is 0 Å². The third-order valence-corrected chi connectivity index (χ3v) is 5.42. The van der Waals surface area contributed by atoms with Gasteiger partial charge >= 0.3 is 11.9 Å². The third-order valence-electron chi connectivity index (χ3n) is 5.42. The minimum absolute atomic E-state index is 0.168. The molecule has 0 spiro atoms. The number of aromatic nitrogens is 3. The number of carboxylic acids is 2. The number of rotatable bonds is 10. The van der Waals surface area contributed by atoms with Gasteiger partial charge in [0.25, 0.3) is 5.91 Å². The highest BCUT2D eigenvalue weighted by atomic mass is 16.4. The Morgan fingerprint density at radius 2 is 1.97 bits per heavy atom. The summed E-state index contributed by atoms with van der Waals surface area (Å²) < 4.78 is 0. The molecule has 0 saturated heterocycles. The van der Waals surface area contributed by atoms with E-state index in [4.69, 9.17) is 10.8 Å². The largest absolute Gasteiger partial charge is 0.481 e. The summed E-state index contributed by atoms with van der Waals surface area (Å²) in [6.45, 7) is 1.99. The molecule has 10 heteroatoms. The number of anilines is 1. The third kappa shape index (κ3) is 5.02. The number of aliphatic carboxylic acids is 2. The number of carboxylic acid groups (broad SMARTS) is 2. The Morgan fingerprint density at radius 3 is 2.66 bits per heavy atom. The Bertz CT molecular complexity index is 1160. The van der Waals surface area contributed by atoms with Gasteiger partial charge in [0.05, 0.1) is 5.56 Å². The average Bonchev–Trinajstić information content (AvgIpc) is 3.18. The van der Waals surface area contributed by atoms with E-state index in [9.17, 15) is 19.5 Å². The number of H-pyrrole nitrogens is 1. The van der Waals surface area contributed by atoms with Crippen LogP contribution in [0.25, 0.3) is 11.0 Å². The van der Waals surface area contributed by atoms with Gasteiger partial charge in [-0.1, -0.05) is 13.0 Å². The highest BCUT2D eigenvalue weighted by molar-refractivity contribution is 6.01. The van der Waals surface area contributed by atoms with Crippen molar-refractivity contribution in [3.63, 3.8) is 0 Å². The fourth-order valence-corrected chi connectivity index (χ4v) is 3.67. The van der Waals surface area contributed by atoms with E-state index in [1.807, 2.05) is 19.2 Å². The summed E-state index contributed by atoms with van der Waals surface area (Å²) in [4.78, 5) is 46.3. The van der Waals surface area contributed by atoms with Crippen molar-refractivity contribution < 1.29 is 24.6 Å². The van der Waals surface area contributed by atoms with Crippen molar-refractivity contribution >= 4 is 34.6 Å². The number of nitrogens with zero attached hydrogens (tertiary/aromatic N) is 2. The second-order valence-corrected chi connectivity index (χ2v) is 7.41. The van der Waals surface area contributed by atoms with Crippen LogP contribution in [-0.4, -0.2) is 49.1 Å². The SMILES string of the molecule is CCc1ccc(C(=O)N[C@@H](CCC(=O)O)C(=O)O)c(N)c1CCc1c[nH]c2ncncc12. The number of fused-ring (bicyclic) bond motifs is 1. The minimum Gasteiger partial charge on any atom is -0.481 e. The summed E-state index contributed by atoms with van der Waals surface area (Å²) in [5.74, 6) is -3.09. The molecule has 168 valence electrons. The molecule has 2 aromatic heterocycles. The van der Waals surface area contributed by atoms with Gasteiger partial charge in [-0.3, -0.25) is 9.59 Å². The number of carbonyl (C=O) groups excluding carboxylic acids is 1. The number of aromatic amines is 1. The first kappa shape index (κ1) is 22.7. The van der Waals surface area contributed by atoms with Crippen molar-refractivity contribution in [3.8, 4) is 0 Å². The Kier molecular flexibility index (Phi) is 7.04. The molecule has 0 aliphatic carbocycles. The molecular formula is C22H25N5O5. The molecule has 2 heterocycles. The molecule has 3 rings (SSSR count). The molecule has 0 radical (unpaired) electrons. The maximum Gasteiger partial charge on any atom is 0.326 e. The van der Waals surface area contributed by atoms with Gasteiger partial charge in [0.2, 0.25) is 0 Å². The molecule has 0 fully saturated rings. The van der Waals surface area contributed by atoms with Crippen LogP contribution in [0.5, 0.6) is 0 Å². The van der Waals surface area contributed by atoms with Gasteiger partial charge in [-0.25, -0.2) is 14.8 Å². The van der Waals surface area contributed by atoms with E-state index >= 15 is 0 Å². The highest BCUT2D eigenvalue weighted by Crippen LogP contribution is 2.26. The first-order valence-electron chi connectivity index (χ1n) is 10.2. The fraction of sp³-hybridized carbons (Fsp3) is 0.318. The zero-order valence-corrected chi connectivity index (χ0v) is 17.6. The van der Waals surface area contributed by atoms with Crippen LogP contribution in [0.1, 0.15) is 46.8 Å². The van der Waals surface area contributed by atoms with Crippen LogP contribution in [0.15, 0.2) is 30.9 Å². The van der Waals surface area contributed by atoms with Gasteiger partial charge in [0.1, 0.15) is 18.0 Å². The van der Waals surface area contributed by atoms with Crippen molar-refractivity contribution in [2.75, 3.05) is 5.73 Å². The summed E-state index contributed by atoms with van der Waals surface area (Å²) in [6.07, 6.45) is 6.42. The van der Waals surface area contributed by atoms with E-state index in [1.54, 1.807) is 12.3 Å². The highest BCUT2D eigenvalue weighted by Gasteiger charge is 2.24. The quantitative estimate of drug-likeness (QED) is 0.298. The zero-order chi connectivity index (χ0) is 23.3. The van der Waals surface area contributed by atoms with Gasteiger partial charge in [-0.2, -0.15) is 0 Å². The molecule has 0 unspecified atom stereocenters. The lowest BCUT2D eigenvalue weighted by Crippen LogP contribution is -2.41. The van der Waals surface area contributed by atoms with Gasteiger partial charge in [-0.15, -0.1) is 0 Å². The summed E-state index contributed by atoms with van der Waals surface area (Å²) in [7, 11) is 0. The van der Waals surface area contributed by atoms with E-state index in [0.717, 1.165) is 34.1 Å². The summed E-state index contributed by atoms with van der Waals surface area (Å²) in [5.41, 5.74) is 10.4. The number of benzene rings is 1. The number of hydrogen-bond acceptors (Lipinski definition) is 6. The van der Waals surface area contributed by atoms with Gasteiger partial charge in [-0.05, 0) is 48.4 Å². The Labute approximate surface area is 183 Å². The molecule has 0 aliphatic heterocycles. The fourth-order valence-electron chi connectivity index (χ4n) is 3.67. The molecule has 3 aromatic rings. The zero-order valence-electron chi connectivity index (χ0n) is 17.6. The number of nitrogens with one attached hydrogen (secondary N) is 2. The molecule has 1 aromatic carbocycles. The molecule has 1 atom stereocenters. The summed E-state index contributed by atoms with van der Waals surface area (Å²) in [6, 6.07) is 2.06. The topological polar surface area (TPSA) is 171 Å². The average molecular weight is 439 g/mol. The van der Waals surface area contributed by atoms with Gasteiger partial charge in [0, 0.05) is 29.9 Å². The number of amides is 1. The lowest BCUT2D eigenvalue weighted by molar-refractivity contribution is -0.140. The van der Waals surface area contributed by atoms with E-state index in [2.05, 4.69) is 20.3 Å². The van der Waals surface area contributed by atoms with Gasteiger partial charge in [0.15, 0.2) is 0 Å². The second-order valence-electron chi connectivity index (χ2n) is 7.41. The Morgan fingerprint density at radius 1 is 1.19 bits per heavy atom. The smallest absolute Gasteiger partial charge is 0.326 e. The first-order chi connectivity index (χ1) is 15.3. The molecule has 0 saturated carbocycles. The van der Waals surface area contributed by atoms with E-state index in [0.29, 0.717) is 18.5 Å². The molecular weight excluding hydrogens is 414 g/mol. The molecule has 32 heavy (non-hydrogen) atoms. The van der Waals surface area contributed by atoms with Gasteiger partial charge < -0.3 is 26.2 Å². The molecule has 0 aliphatic rings. The Hall–Kier alpha value is -3.95. The van der Waals surface area contributed by atoms with Crippen molar-refractivity contribution in [1.82, 2.24) is 20.3 Å². The van der Waals surface area contributed by atoms with E-state index in [-0.39, 0.29) is 18.4 Å². The van der Waals surface area contributed by atoms with Crippen LogP contribution in [-0.2, 0) is 28.9 Å². The number of nitrogen functional groups attached to an aromatic ring is 1. The summed E-state index contributed by atoms with van der Waals surface area (Å²) in [5, 5.41) is 21.4. The predicted molar refractivity (Wildman–Crippen MR) is 117 cm³/mol. The molecule has 6 N–H and O–H groups in total. The second kappa shape index (κ2) is 9.90. The van der Waals surface area contributed by atoms with E-state index in [1.165, 1.54) is 6.33 Å². The Balaban J connectivity index is 1.82. The van der Waals surface area contributed by atoms with Crippen LogP contribution >= 0.6 is 0 Å². The van der Waals surface area contributed by atoms with Crippen LogP contribution in [0, 0.1) is 0 Å². The number of hydrogen-bond donors (Lipinski definition) is 5. The molecule has 0 bridgehead atoms. The van der Waals surface area contributed by atoms with Crippen molar-refractivity contribution in [3.05, 3.63) is 53.1 Å². The lowest BCUT2D eigenvalue weighted by atomic mass is 9.93. The van der Waals surface area contributed by atoms with Crippen LogP contribution in [0.4, 0.5) is 5.69 Å². The minimum atomic E-state index is -1.32. The standard InChI is InChI=1S/C22H25N5O5/c1-2-12-3-6-15(21(30)27-17(22(31)32)7-8-18(28)29)19(23)14(12)5-4-13-9-25-20-16(13)10-24-11-26-20/h3,6,9-11,17H,2,4-5,7-8,23H2,1H3,(H,27,30)(H,28,29)(H,31,32)(H,24,25,26)/t17-/m0/s1. The van der Waals surface area contributed by atoms with E-state index < -0.39 is 23.9 Å². The predicted octanol–water partition coefficient (Wildman–Crippen LogP) is 1.94. The van der Waals surface area contributed by atoms with Crippen molar-refractivity contribution in [1.29, 1.82) is 0 Å². The van der Waals surface area contributed by atoms with Crippen molar-refractivity contribution in [2.45, 2.75) is 45.1 Å². The number of aryl methyl sites for hydroxylation is 2. The molecule has 1 amide bonds.